The first-order valence-corrected chi connectivity index (χ1v) is 6.47. The minimum absolute atomic E-state index is 0.156. The maximum atomic E-state index is 5.61. The lowest BCUT2D eigenvalue weighted by atomic mass is 10.1. The summed E-state index contributed by atoms with van der Waals surface area (Å²) < 4.78 is 10.5. The number of nitrogens with two attached hydrogens (primary N) is 2. The first-order valence-electron chi connectivity index (χ1n) is 6.47. The lowest BCUT2D eigenvalue weighted by Crippen LogP contribution is -2.09. The largest absolute Gasteiger partial charge is 0.493 e. The summed E-state index contributed by atoms with van der Waals surface area (Å²) in [6.07, 6.45) is 0.796. The molecule has 0 fully saturated rings. The Hall–Kier alpha value is -2.70. The van der Waals surface area contributed by atoms with Gasteiger partial charge in [-0.25, -0.2) is 0 Å². The van der Waals surface area contributed by atoms with Crippen molar-refractivity contribution in [3.8, 4) is 11.5 Å². The Balaban J connectivity index is 1.97. The van der Waals surface area contributed by atoms with Gasteiger partial charge in [0.15, 0.2) is 11.5 Å². The first kappa shape index (κ1) is 14.7. The molecule has 7 nitrogen and oxygen atoms in total. The zero-order valence-electron chi connectivity index (χ0n) is 12.1. The average molecular weight is 289 g/mol. The second kappa shape index (κ2) is 6.65. The highest BCUT2D eigenvalue weighted by atomic mass is 16.5. The topological polar surface area (TPSA) is 108 Å². The van der Waals surface area contributed by atoms with E-state index >= 15 is 0 Å². The van der Waals surface area contributed by atoms with Crippen LogP contribution in [-0.4, -0.2) is 30.7 Å². The molecule has 2 rings (SSSR count). The van der Waals surface area contributed by atoms with Gasteiger partial charge < -0.3 is 26.3 Å². The van der Waals surface area contributed by atoms with Crippen molar-refractivity contribution in [2.75, 3.05) is 37.5 Å². The van der Waals surface area contributed by atoms with E-state index in [0.717, 1.165) is 12.0 Å². The first-order chi connectivity index (χ1) is 10.1. The SMILES string of the molecule is COc1ccc(CCNc2cc(N)nc(N)n2)cc1OC. The molecular formula is C14H19N5O2. The van der Waals surface area contributed by atoms with Crippen molar-refractivity contribution in [2.24, 2.45) is 0 Å². The van der Waals surface area contributed by atoms with Gasteiger partial charge in [0.2, 0.25) is 5.95 Å². The van der Waals surface area contributed by atoms with Crippen LogP contribution in [0.1, 0.15) is 5.56 Å². The van der Waals surface area contributed by atoms with Crippen LogP contribution >= 0.6 is 0 Å². The van der Waals surface area contributed by atoms with Crippen molar-refractivity contribution in [3.63, 3.8) is 0 Å². The minimum Gasteiger partial charge on any atom is -0.493 e. The fourth-order valence-corrected chi connectivity index (χ4v) is 1.95. The molecule has 0 saturated heterocycles. The number of hydrogen-bond acceptors (Lipinski definition) is 7. The Morgan fingerprint density at radius 1 is 1.05 bits per heavy atom. The number of nitrogens with zero attached hydrogens (tertiary/aromatic N) is 2. The summed E-state index contributed by atoms with van der Waals surface area (Å²) >= 11 is 0. The van der Waals surface area contributed by atoms with Gasteiger partial charge in [-0.3, -0.25) is 0 Å². The highest BCUT2D eigenvalue weighted by molar-refractivity contribution is 5.48. The monoisotopic (exact) mass is 289 g/mol. The van der Waals surface area contributed by atoms with Gasteiger partial charge in [-0.2, -0.15) is 9.97 Å². The molecule has 1 aromatic heterocycles. The van der Waals surface area contributed by atoms with Crippen LogP contribution in [0.5, 0.6) is 11.5 Å². The molecule has 0 amide bonds. The van der Waals surface area contributed by atoms with E-state index in [1.165, 1.54) is 0 Å². The molecule has 0 aliphatic rings. The molecule has 0 spiro atoms. The fraction of sp³-hybridized carbons (Fsp3) is 0.286. The van der Waals surface area contributed by atoms with Gasteiger partial charge in [0.1, 0.15) is 11.6 Å². The van der Waals surface area contributed by atoms with E-state index in [9.17, 15) is 0 Å². The molecule has 0 saturated carbocycles. The Morgan fingerprint density at radius 3 is 2.48 bits per heavy atom. The molecule has 0 unspecified atom stereocenters. The van der Waals surface area contributed by atoms with Crippen LogP contribution in [-0.2, 0) is 6.42 Å². The van der Waals surface area contributed by atoms with Crippen molar-refractivity contribution in [1.82, 2.24) is 9.97 Å². The standard InChI is InChI=1S/C14H19N5O2/c1-20-10-4-3-9(7-11(10)21-2)5-6-17-13-8-12(15)18-14(16)19-13/h3-4,7-8H,5-6H2,1-2H3,(H5,15,16,17,18,19). The van der Waals surface area contributed by atoms with Crippen molar-refractivity contribution in [1.29, 1.82) is 0 Å². The number of anilines is 3. The summed E-state index contributed by atoms with van der Waals surface area (Å²) in [5.41, 5.74) is 12.3. The summed E-state index contributed by atoms with van der Waals surface area (Å²) in [6, 6.07) is 7.47. The quantitative estimate of drug-likeness (QED) is 0.735. The van der Waals surface area contributed by atoms with Gasteiger partial charge in [-0.05, 0) is 24.1 Å². The van der Waals surface area contributed by atoms with E-state index in [1.807, 2.05) is 18.2 Å². The predicted octanol–water partition coefficient (Wildman–Crippen LogP) is 1.31. The Morgan fingerprint density at radius 2 is 1.81 bits per heavy atom. The van der Waals surface area contributed by atoms with Crippen LogP contribution < -0.4 is 26.3 Å². The third-order valence-electron chi connectivity index (χ3n) is 2.93. The lowest BCUT2D eigenvalue weighted by Gasteiger charge is -2.10. The summed E-state index contributed by atoms with van der Waals surface area (Å²) in [5, 5.41) is 3.16. The summed E-state index contributed by atoms with van der Waals surface area (Å²) in [4.78, 5) is 7.87. The normalized spacial score (nSPS) is 10.2. The van der Waals surface area contributed by atoms with Gasteiger partial charge in [-0.15, -0.1) is 0 Å². The molecule has 1 heterocycles. The summed E-state index contributed by atoms with van der Waals surface area (Å²) in [6.45, 7) is 0.686. The number of methoxy groups -OCH3 is 2. The highest BCUT2D eigenvalue weighted by Gasteiger charge is 2.05. The van der Waals surface area contributed by atoms with Gasteiger partial charge >= 0.3 is 0 Å². The van der Waals surface area contributed by atoms with Crippen molar-refractivity contribution in [2.45, 2.75) is 6.42 Å². The van der Waals surface area contributed by atoms with Crippen LogP contribution in [0.3, 0.4) is 0 Å². The van der Waals surface area contributed by atoms with E-state index in [4.69, 9.17) is 20.9 Å². The molecule has 0 bridgehead atoms. The second-order valence-electron chi connectivity index (χ2n) is 4.40. The second-order valence-corrected chi connectivity index (χ2v) is 4.40. The molecule has 0 radical (unpaired) electrons. The van der Waals surface area contributed by atoms with E-state index in [0.29, 0.717) is 29.7 Å². The van der Waals surface area contributed by atoms with Crippen LogP contribution in [0.4, 0.5) is 17.6 Å². The van der Waals surface area contributed by atoms with Gasteiger partial charge in [0, 0.05) is 12.6 Å². The van der Waals surface area contributed by atoms with Gasteiger partial charge in [-0.1, -0.05) is 6.07 Å². The molecule has 1 aromatic carbocycles. The van der Waals surface area contributed by atoms with E-state index in [-0.39, 0.29) is 5.95 Å². The Kier molecular flexibility index (Phi) is 4.65. The Bertz CT molecular complexity index is 598. The number of rotatable bonds is 6. The van der Waals surface area contributed by atoms with Gasteiger partial charge in [0.05, 0.1) is 14.2 Å². The predicted molar refractivity (Wildman–Crippen MR) is 82.6 cm³/mol. The molecule has 0 aliphatic carbocycles. The summed E-state index contributed by atoms with van der Waals surface area (Å²) in [7, 11) is 3.23. The lowest BCUT2D eigenvalue weighted by molar-refractivity contribution is 0.354. The van der Waals surface area contributed by atoms with Gasteiger partial charge in [0.25, 0.3) is 0 Å². The van der Waals surface area contributed by atoms with Crippen molar-refractivity contribution in [3.05, 3.63) is 29.8 Å². The Labute approximate surface area is 123 Å². The molecular weight excluding hydrogens is 270 g/mol. The number of ether oxygens (including phenoxy) is 2. The third kappa shape index (κ3) is 3.88. The van der Waals surface area contributed by atoms with E-state index in [1.54, 1.807) is 20.3 Å². The smallest absolute Gasteiger partial charge is 0.223 e. The van der Waals surface area contributed by atoms with Crippen LogP contribution in [0.25, 0.3) is 0 Å². The molecule has 112 valence electrons. The molecule has 2 aromatic rings. The highest BCUT2D eigenvalue weighted by Crippen LogP contribution is 2.27. The zero-order valence-corrected chi connectivity index (χ0v) is 12.1. The zero-order chi connectivity index (χ0) is 15.2. The summed E-state index contributed by atoms with van der Waals surface area (Å²) in [5.74, 6) is 2.54. The molecule has 7 heteroatoms. The van der Waals surface area contributed by atoms with E-state index in [2.05, 4.69) is 15.3 Å². The van der Waals surface area contributed by atoms with Crippen LogP contribution in [0, 0.1) is 0 Å². The van der Waals surface area contributed by atoms with E-state index < -0.39 is 0 Å². The molecule has 0 atom stereocenters. The number of aromatic nitrogens is 2. The third-order valence-corrected chi connectivity index (χ3v) is 2.93. The van der Waals surface area contributed by atoms with Crippen LogP contribution in [0.15, 0.2) is 24.3 Å². The molecule has 5 N–H and O–H groups in total. The number of nitrogen functional groups attached to an aromatic ring is 2. The average Bonchev–Trinajstić information content (AvgIpc) is 2.46. The molecule has 21 heavy (non-hydrogen) atoms. The number of benzene rings is 1. The minimum atomic E-state index is 0.156. The van der Waals surface area contributed by atoms with Crippen molar-refractivity contribution < 1.29 is 9.47 Å². The van der Waals surface area contributed by atoms with Crippen molar-refractivity contribution >= 4 is 17.6 Å². The molecule has 0 aliphatic heterocycles. The number of hydrogen-bond donors (Lipinski definition) is 3. The maximum absolute atomic E-state index is 5.61. The fourth-order valence-electron chi connectivity index (χ4n) is 1.95. The van der Waals surface area contributed by atoms with Crippen LogP contribution in [0.2, 0.25) is 0 Å². The maximum Gasteiger partial charge on any atom is 0.223 e. The number of nitrogens with one attached hydrogen (secondary N) is 1.